The van der Waals surface area contributed by atoms with E-state index in [1.54, 1.807) is 51.1 Å². The van der Waals surface area contributed by atoms with E-state index >= 15 is 0 Å². The van der Waals surface area contributed by atoms with Crippen LogP contribution in [0.2, 0.25) is 0 Å². The minimum absolute atomic E-state index is 0.00686. The molecule has 0 spiro atoms. The van der Waals surface area contributed by atoms with Gasteiger partial charge in [-0.3, -0.25) is 4.79 Å². The molecule has 0 radical (unpaired) electrons. The van der Waals surface area contributed by atoms with Crippen LogP contribution in [0.1, 0.15) is 37.5 Å². The molecule has 0 unspecified atom stereocenters. The first-order valence-corrected chi connectivity index (χ1v) is 16.6. The Morgan fingerprint density at radius 2 is 1.51 bits per heavy atom. The number of nitrogens with zero attached hydrogens (tertiary/aromatic N) is 1. The second-order valence-corrected chi connectivity index (χ2v) is 13.9. The maximum Gasteiger partial charge on any atom is 0.339 e. The van der Waals surface area contributed by atoms with Gasteiger partial charge in [0.15, 0.2) is 11.5 Å². The summed E-state index contributed by atoms with van der Waals surface area (Å²) in [6.07, 6.45) is 1.34. The summed E-state index contributed by atoms with van der Waals surface area (Å²) >= 11 is 1.93. The van der Waals surface area contributed by atoms with Crippen molar-refractivity contribution in [2.75, 3.05) is 6.61 Å². The lowest BCUT2D eigenvalue weighted by molar-refractivity contribution is -0.123. The van der Waals surface area contributed by atoms with Crippen LogP contribution in [0.5, 0.6) is 11.5 Å². The van der Waals surface area contributed by atoms with E-state index in [1.165, 1.54) is 36.5 Å². The highest BCUT2D eigenvalue weighted by atomic mass is 127. The van der Waals surface area contributed by atoms with Gasteiger partial charge in [-0.15, -0.1) is 0 Å². The number of carbonyl (C=O) groups excluding carboxylic acids is 1. The molecule has 41 heavy (non-hydrogen) atoms. The van der Waals surface area contributed by atoms with E-state index in [-0.39, 0.29) is 33.8 Å². The Bertz CT molecular complexity index is 1620. The number of amides is 1. The molecule has 0 heterocycles. The average Bonchev–Trinajstić information content (AvgIpc) is 2.90. The summed E-state index contributed by atoms with van der Waals surface area (Å²) in [6.45, 7) is 9.11. The van der Waals surface area contributed by atoms with Crippen LogP contribution >= 0.6 is 22.6 Å². The van der Waals surface area contributed by atoms with E-state index in [0.717, 1.165) is 11.1 Å². The molecule has 0 saturated heterocycles. The zero-order valence-corrected chi connectivity index (χ0v) is 27.0. The summed E-state index contributed by atoms with van der Waals surface area (Å²) in [4.78, 5) is 12.9. The lowest BCUT2D eigenvalue weighted by Crippen LogP contribution is -2.48. The normalized spacial score (nSPS) is 12.9. The van der Waals surface area contributed by atoms with Crippen LogP contribution in [0.4, 0.5) is 0 Å². The SMILES string of the molecule is CCOc1cc(/C=N\NC(=O)[C@H](NS(=O)(=O)c2ccc(C)cc2)C(C)C)cc(I)c1OS(=O)(=O)c1ccc(C)cc1. The molecular formula is C28H32IN3O7S2. The second-order valence-electron chi connectivity index (χ2n) is 9.50. The first kappa shape index (κ1) is 32.5. The maximum atomic E-state index is 12.9. The number of ether oxygens (including phenoxy) is 1. The van der Waals surface area contributed by atoms with Crippen molar-refractivity contribution >= 4 is 54.9 Å². The molecule has 3 rings (SSSR count). The van der Waals surface area contributed by atoms with Gasteiger partial charge < -0.3 is 8.92 Å². The molecule has 3 aromatic carbocycles. The average molecular weight is 714 g/mol. The third-order valence-corrected chi connectivity index (χ3v) is 9.28. The molecule has 0 aliphatic heterocycles. The third kappa shape index (κ3) is 8.74. The fourth-order valence-electron chi connectivity index (χ4n) is 3.55. The number of nitrogens with one attached hydrogen (secondary N) is 2. The van der Waals surface area contributed by atoms with Gasteiger partial charge in [-0.05, 0) is 91.2 Å². The predicted molar refractivity (Wildman–Crippen MR) is 165 cm³/mol. The monoisotopic (exact) mass is 713 g/mol. The number of rotatable bonds is 12. The zero-order chi connectivity index (χ0) is 30.4. The van der Waals surface area contributed by atoms with Crippen LogP contribution < -0.4 is 19.1 Å². The van der Waals surface area contributed by atoms with Crippen LogP contribution in [0.3, 0.4) is 0 Å². The Balaban J connectivity index is 1.78. The van der Waals surface area contributed by atoms with Crippen molar-refractivity contribution in [2.24, 2.45) is 11.0 Å². The minimum atomic E-state index is -4.12. The van der Waals surface area contributed by atoms with Crippen LogP contribution in [0.25, 0.3) is 0 Å². The van der Waals surface area contributed by atoms with Gasteiger partial charge in [0, 0.05) is 0 Å². The third-order valence-electron chi connectivity index (χ3n) is 5.79. The molecule has 0 fully saturated rings. The van der Waals surface area contributed by atoms with Crippen LogP contribution in [0.15, 0.2) is 75.6 Å². The van der Waals surface area contributed by atoms with Gasteiger partial charge in [0.05, 0.1) is 21.3 Å². The Labute approximate surface area is 254 Å². The predicted octanol–water partition coefficient (Wildman–Crippen LogP) is 4.53. The van der Waals surface area contributed by atoms with Crippen LogP contribution in [-0.2, 0) is 24.9 Å². The lowest BCUT2D eigenvalue weighted by atomic mass is 10.1. The largest absolute Gasteiger partial charge is 0.490 e. The van der Waals surface area contributed by atoms with Gasteiger partial charge in [-0.2, -0.15) is 18.2 Å². The Hall–Kier alpha value is -3.01. The smallest absolute Gasteiger partial charge is 0.339 e. The number of hydrogen-bond acceptors (Lipinski definition) is 8. The molecule has 1 atom stereocenters. The van der Waals surface area contributed by atoms with Gasteiger partial charge >= 0.3 is 10.1 Å². The van der Waals surface area contributed by atoms with Gasteiger partial charge in [0.25, 0.3) is 5.91 Å². The van der Waals surface area contributed by atoms with E-state index in [2.05, 4.69) is 15.2 Å². The number of hydrogen-bond donors (Lipinski definition) is 2. The number of aryl methyl sites for hydroxylation is 2. The molecule has 220 valence electrons. The fraction of sp³-hybridized carbons (Fsp3) is 0.286. The minimum Gasteiger partial charge on any atom is -0.490 e. The Kier molecular flexibility index (Phi) is 10.9. The molecule has 0 saturated carbocycles. The van der Waals surface area contributed by atoms with Crippen molar-refractivity contribution in [1.82, 2.24) is 10.1 Å². The molecule has 10 nitrogen and oxygen atoms in total. The Morgan fingerprint density at radius 3 is 2.05 bits per heavy atom. The van der Waals surface area contributed by atoms with Crippen LogP contribution in [-0.4, -0.2) is 41.6 Å². The molecule has 0 aliphatic carbocycles. The van der Waals surface area contributed by atoms with Crippen LogP contribution in [0, 0.1) is 23.3 Å². The molecule has 0 aromatic heterocycles. The number of carbonyl (C=O) groups is 1. The molecule has 3 aromatic rings. The van der Waals surface area contributed by atoms with E-state index in [0.29, 0.717) is 9.13 Å². The van der Waals surface area contributed by atoms with E-state index in [4.69, 9.17) is 8.92 Å². The zero-order valence-electron chi connectivity index (χ0n) is 23.2. The highest BCUT2D eigenvalue weighted by Gasteiger charge is 2.28. The Morgan fingerprint density at radius 1 is 0.951 bits per heavy atom. The number of sulfonamides is 1. The summed E-state index contributed by atoms with van der Waals surface area (Å²) in [5.41, 5.74) is 4.68. The van der Waals surface area contributed by atoms with E-state index < -0.39 is 32.1 Å². The topological polar surface area (TPSA) is 140 Å². The highest BCUT2D eigenvalue weighted by Crippen LogP contribution is 2.36. The van der Waals surface area contributed by atoms with Crippen molar-refractivity contribution in [3.63, 3.8) is 0 Å². The summed E-state index contributed by atoms with van der Waals surface area (Å²) < 4.78 is 65.4. The standard InChI is InChI=1S/C28H32IN3O7S2/c1-6-38-25-16-21(15-24(29)27(25)39-41(36,37)23-13-9-20(5)10-14-23)17-30-31-28(33)26(18(2)3)32-40(34,35)22-11-7-19(4)8-12-22/h7-18,26,32H,6H2,1-5H3,(H,31,33)/b30-17-/t26-/m1/s1. The van der Waals surface area contributed by atoms with Gasteiger partial charge in [-0.25, -0.2) is 13.8 Å². The lowest BCUT2D eigenvalue weighted by Gasteiger charge is -2.20. The molecule has 13 heteroatoms. The van der Waals surface area contributed by atoms with Crippen molar-refractivity contribution in [3.8, 4) is 11.5 Å². The van der Waals surface area contributed by atoms with Gasteiger partial charge in [-0.1, -0.05) is 49.2 Å². The summed E-state index contributed by atoms with van der Waals surface area (Å²) in [5, 5.41) is 3.98. The molecule has 1 amide bonds. The van der Waals surface area contributed by atoms with Crippen molar-refractivity contribution in [1.29, 1.82) is 0 Å². The van der Waals surface area contributed by atoms with Crippen molar-refractivity contribution in [3.05, 3.63) is 80.9 Å². The maximum absolute atomic E-state index is 12.9. The van der Waals surface area contributed by atoms with Gasteiger partial charge in [0.1, 0.15) is 10.9 Å². The highest BCUT2D eigenvalue weighted by molar-refractivity contribution is 14.1. The molecule has 0 aliphatic rings. The summed E-state index contributed by atoms with van der Waals surface area (Å²) in [5.74, 6) is -0.813. The quantitative estimate of drug-likeness (QED) is 0.122. The summed E-state index contributed by atoms with van der Waals surface area (Å²) in [7, 11) is -8.07. The first-order valence-electron chi connectivity index (χ1n) is 12.6. The van der Waals surface area contributed by atoms with E-state index in [9.17, 15) is 21.6 Å². The molecule has 2 N–H and O–H groups in total. The number of hydrazone groups is 1. The summed E-state index contributed by atoms with van der Waals surface area (Å²) in [6, 6.07) is 14.6. The van der Waals surface area contributed by atoms with Gasteiger partial charge in [0.2, 0.25) is 10.0 Å². The number of halogens is 1. The molecular weight excluding hydrogens is 681 g/mol. The van der Waals surface area contributed by atoms with Crippen molar-refractivity contribution in [2.45, 2.75) is 50.5 Å². The number of benzene rings is 3. The second kappa shape index (κ2) is 13.8. The van der Waals surface area contributed by atoms with Crippen molar-refractivity contribution < 1.29 is 30.6 Å². The molecule has 0 bridgehead atoms. The fourth-order valence-corrected chi connectivity index (χ4v) is 6.74. The first-order chi connectivity index (χ1) is 19.2. The van der Waals surface area contributed by atoms with E-state index in [1.807, 2.05) is 36.4 Å².